The standard InChI is InChI=1S/C12H13N3O2/c1-2-9-11(16)14-10(15-12(9)17)7-4-3-5-8(13)6-7/h3-6,9H,2,13H2,1H3,(H,14,15,16,17). The molecule has 2 amide bonds. The highest BCUT2D eigenvalue weighted by Crippen LogP contribution is 2.14. The lowest BCUT2D eigenvalue weighted by atomic mass is 10.0. The zero-order chi connectivity index (χ0) is 12.4. The van der Waals surface area contributed by atoms with Gasteiger partial charge in [0.05, 0.1) is 0 Å². The summed E-state index contributed by atoms with van der Waals surface area (Å²) in [6.45, 7) is 1.78. The number of nitrogens with zero attached hydrogens (tertiary/aromatic N) is 1. The largest absolute Gasteiger partial charge is 0.399 e. The first-order chi connectivity index (χ1) is 8.11. The van der Waals surface area contributed by atoms with Crippen molar-refractivity contribution < 1.29 is 9.59 Å². The molecule has 1 aromatic rings. The van der Waals surface area contributed by atoms with Gasteiger partial charge in [0.15, 0.2) is 0 Å². The van der Waals surface area contributed by atoms with Gasteiger partial charge in [0.2, 0.25) is 5.91 Å². The van der Waals surface area contributed by atoms with Crippen molar-refractivity contribution in [3.05, 3.63) is 29.8 Å². The van der Waals surface area contributed by atoms with E-state index in [-0.39, 0.29) is 11.7 Å². The quantitative estimate of drug-likeness (QED) is 0.580. The molecule has 0 bridgehead atoms. The number of hydrogen-bond acceptors (Lipinski definition) is 3. The van der Waals surface area contributed by atoms with Crippen LogP contribution in [0.4, 0.5) is 5.69 Å². The number of amidine groups is 1. The molecule has 0 radical (unpaired) electrons. The van der Waals surface area contributed by atoms with Crippen LogP contribution in [0, 0.1) is 5.92 Å². The Labute approximate surface area is 98.7 Å². The van der Waals surface area contributed by atoms with Gasteiger partial charge in [0.1, 0.15) is 11.8 Å². The number of amides is 2. The summed E-state index contributed by atoms with van der Waals surface area (Å²) in [7, 11) is 0. The highest BCUT2D eigenvalue weighted by atomic mass is 16.2. The van der Waals surface area contributed by atoms with E-state index < -0.39 is 11.8 Å². The second-order valence-corrected chi connectivity index (χ2v) is 3.87. The third kappa shape index (κ3) is 2.18. The molecule has 88 valence electrons. The zero-order valence-electron chi connectivity index (χ0n) is 9.43. The Balaban J connectivity index is 2.35. The monoisotopic (exact) mass is 231 g/mol. The van der Waals surface area contributed by atoms with Crippen molar-refractivity contribution in [2.75, 3.05) is 5.73 Å². The van der Waals surface area contributed by atoms with Crippen molar-refractivity contribution in [1.29, 1.82) is 0 Å². The van der Waals surface area contributed by atoms with Crippen LogP contribution in [0.1, 0.15) is 18.9 Å². The predicted molar refractivity (Wildman–Crippen MR) is 64.3 cm³/mol. The fraction of sp³-hybridized carbons (Fsp3) is 0.250. The molecule has 3 N–H and O–H groups in total. The molecule has 1 aromatic carbocycles. The van der Waals surface area contributed by atoms with Crippen LogP contribution >= 0.6 is 0 Å². The summed E-state index contributed by atoms with van der Waals surface area (Å²) in [4.78, 5) is 27.2. The minimum Gasteiger partial charge on any atom is -0.399 e. The number of nitrogens with one attached hydrogen (secondary N) is 1. The molecular weight excluding hydrogens is 218 g/mol. The Hall–Kier alpha value is -2.17. The fourth-order valence-corrected chi connectivity index (χ4v) is 1.71. The highest BCUT2D eigenvalue weighted by molar-refractivity contribution is 6.20. The molecule has 1 heterocycles. The third-order valence-electron chi connectivity index (χ3n) is 2.65. The topological polar surface area (TPSA) is 84.6 Å². The Morgan fingerprint density at radius 1 is 1.41 bits per heavy atom. The Bertz CT molecular complexity index is 508. The molecule has 0 aromatic heterocycles. The van der Waals surface area contributed by atoms with Gasteiger partial charge in [0, 0.05) is 11.3 Å². The lowest BCUT2D eigenvalue weighted by Crippen LogP contribution is -2.44. The van der Waals surface area contributed by atoms with E-state index >= 15 is 0 Å². The summed E-state index contributed by atoms with van der Waals surface area (Å²) in [5.41, 5.74) is 6.84. The van der Waals surface area contributed by atoms with Crippen LogP contribution < -0.4 is 11.1 Å². The van der Waals surface area contributed by atoms with Gasteiger partial charge in [0.25, 0.3) is 5.91 Å². The molecule has 0 spiro atoms. The van der Waals surface area contributed by atoms with Crippen LogP contribution in [0.5, 0.6) is 0 Å². The molecule has 0 fully saturated rings. The number of benzene rings is 1. The number of aliphatic imine (C=N–C) groups is 1. The first kappa shape index (κ1) is 11.3. The van der Waals surface area contributed by atoms with E-state index in [0.29, 0.717) is 17.7 Å². The SMILES string of the molecule is CCC1C(=O)N=C(c2cccc(N)c2)NC1=O. The van der Waals surface area contributed by atoms with Gasteiger partial charge in [-0.3, -0.25) is 9.59 Å². The first-order valence-electron chi connectivity index (χ1n) is 5.41. The van der Waals surface area contributed by atoms with Crippen molar-refractivity contribution in [3.8, 4) is 0 Å². The average Bonchev–Trinajstić information content (AvgIpc) is 2.28. The minimum absolute atomic E-state index is 0.275. The van der Waals surface area contributed by atoms with Crippen molar-refractivity contribution in [2.24, 2.45) is 10.9 Å². The van der Waals surface area contributed by atoms with Gasteiger partial charge in [-0.25, -0.2) is 0 Å². The summed E-state index contributed by atoms with van der Waals surface area (Å²) in [5.74, 6) is -1.09. The van der Waals surface area contributed by atoms with Gasteiger partial charge in [-0.05, 0) is 18.6 Å². The van der Waals surface area contributed by atoms with E-state index in [1.54, 1.807) is 31.2 Å². The molecule has 0 aliphatic carbocycles. The molecule has 0 saturated heterocycles. The van der Waals surface area contributed by atoms with Gasteiger partial charge >= 0.3 is 0 Å². The van der Waals surface area contributed by atoms with E-state index in [1.165, 1.54) is 0 Å². The number of anilines is 1. The van der Waals surface area contributed by atoms with E-state index in [4.69, 9.17) is 5.73 Å². The van der Waals surface area contributed by atoms with E-state index in [0.717, 1.165) is 0 Å². The number of hydrogen-bond donors (Lipinski definition) is 2. The molecular formula is C12H13N3O2. The molecule has 1 atom stereocenters. The Kier molecular flexibility index (Phi) is 2.91. The molecule has 0 saturated carbocycles. The summed E-state index contributed by atoms with van der Waals surface area (Å²) in [6, 6.07) is 6.88. The third-order valence-corrected chi connectivity index (χ3v) is 2.65. The van der Waals surface area contributed by atoms with Gasteiger partial charge in [-0.15, -0.1) is 0 Å². The molecule has 1 unspecified atom stereocenters. The lowest BCUT2D eigenvalue weighted by molar-refractivity contribution is -0.133. The maximum absolute atomic E-state index is 11.7. The second kappa shape index (κ2) is 4.37. The molecule has 5 heteroatoms. The van der Waals surface area contributed by atoms with Crippen LogP contribution in [0.25, 0.3) is 0 Å². The van der Waals surface area contributed by atoms with Crippen LogP contribution in [-0.2, 0) is 9.59 Å². The molecule has 1 aliphatic rings. The predicted octanol–water partition coefficient (Wildman–Crippen LogP) is 0.698. The number of carbonyl (C=O) groups excluding carboxylic acids is 2. The number of nitrogen functional groups attached to an aromatic ring is 1. The van der Waals surface area contributed by atoms with E-state index in [1.807, 2.05) is 0 Å². The lowest BCUT2D eigenvalue weighted by Gasteiger charge is -2.19. The van der Waals surface area contributed by atoms with Crippen LogP contribution in [-0.4, -0.2) is 17.6 Å². The van der Waals surface area contributed by atoms with Crippen molar-refractivity contribution >= 4 is 23.3 Å². The van der Waals surface area contributed by atoms with Crippen molar-refractivity contribution in [3.63, 3.8) is 0 Å². The zero-order valence-corrected chi connectivity index (χ0v) is 9.43. The van der Waals surface area contributed by atoms with Crippen LogP contribution in [0.2, 0.25) is 0 Å². The Morgan fingerprint density at radius 2 is 2.18 bits per heavy atom. The highest BCUT2D eigenvalue weighted by Gasteiger charge is 2.30. The number of carbonyl (C=O) groups is 2. The first-order valence-corrected chi connectivity index (χ1v) is 5.41. The summed E-state index contributed by atoms with van der Waals surface area (Å²) in [5, 5.41) is 2.63. The van der Waals surface area contributed by atoms with Crippen molar-refractivity contribution in [1.82, 2.24) is 5.32 Å². The normalized spacial score (nSPS) is 19.8. The number of rotatable bonds is 2. The fourth-order valence-electron chi connectivity index (χ4n) is 1.71. The smallest absolute Gasteiger partial charge is 0.260 e. The molecule has 2 rings (SSSR count). The van der Waals surface area contributed by atoms with Crippen molar-refractivity contribution in [2.45, 2.75) is 13.3 Å². The second-order valence-electron chi connectivity index (χ2n) is 3.87. The van der Waals surface area contributed by atoms with Gasteiger partial charge < -0.3 is 11.1 Å². The molecule has 5 nitrogen and oxygen atoms in total. The summed E-state index contributed by atoms with van der Waals surface area (Å²) >= 11 is 0. The number of nitrogens with two attached hydrogens (primary N) is 1. The Morgan fingerprint density at radius 3 is 2.76 bits per heavy atom. The van der Waals surface area contributed by atoms with E-state index in [9.17, 15) is 9.59 Å². The summed E-state index contributed by atoms with van der Waals surface area (Å²) in [6.07, 6.45) is 0.457. The van der Waals surface area contributed by atoms with Gasteiger partial charge in [-0.2, -0.15) is 4.99 Å². The maximum atomic E-state index is 11.7. The maximum Gasteiger partial charge on any atom is 0.260 e. The van der Waals surface area contributed by atoms with Crippen LogP contribution in [0.15, 0.2) is 29.3 Å². The summed E-state index contributed by atoms with van der Waals surface area (Å²) < 4.78 is 0. The van der Waals surface area contributed by atoms with Crippen LogP contribution in [0.3, 0.4) is 0 Å². The van der Waals surface area contributed by atoms with Gasteiger partial charge in [-0.1, -0.05) is 19.1 Å². The average molecular weight is 231 g/mol. The molecule has 1 aliphatic heterocycles. The minimum atomic E-state index is -0.667. The van der Waals surface area contributed by atoms with E-state index in [2.05, 4.69) is 10.3 Å². The molecule has 17 heavy (non-hydrogen) atoms.